The molecule has 1 fully saturated rings. The molecule has 0 aromatic carbocycles. The smallest absolute Gasteiger partial charge is 0.311 e. The summed E-state index contributed by atoms with van der Waals surface area (Å²) in [5, 5.41) is 3.29. The molecule has 1 saturated heterocycles. The predicted octanol–water partition coefficient (Wildman–Crippen LogP) is 2.02. The molecule has 2 heterocycles. The van der Waals surface area contributed by atoms with Crippen LogP contribution in [0, 0.1) is 5.92 Å². The van der Waals surface area contributed by atoms with Crippen LogP contribution in [-0.4, -0.2) is 42.6 Å². The van der Waals surface area contributed by atoms with Gasteiger partial charge in [-0.1, -0.05) is 0 Å². The molecular weight excluding hydrogens is 282 g/mol. The van der Waals surface area contributed by atoms with Crippen LogP contribution in [0.4, 0.5) is 0 Å². The van der Waals surface area contributed by atoms with Gasteiger partial charge in [-0.3, -0.25) is 9.79 Å². The molecule has 1 aliphatic heterocycles. The summed E-state index contributed by atoms with van der Waals surface area (Å²) in [5.41, 5.74) is 0.621. The van der Waals surface area contributed by atoms with E-state index in [-0.39, 0.29) is 11.9 Å². The Bertz CT molecular complexity index is 517. The maximum absolute atomic E-state index is 12.1. The van der Waals surface area contributed by atoms with E-state index in [9.17, 15) is 4.79 Å². The molecule has 0 saturated carbocycles. The van der Waals surface area contributed by atoms with E-state index < -0.39 is 5.60 Å². The lowest BCUT2D eigenvalue weighted by Gasteiger charge is -2.23. The van der Waals surface area contributed by atoms with Crippen molar-refractivity contribution in [1.82, 2.24) is 10.2 Å². The third-order valence-corrected chi connectivity index (χ3v) is 3.47. The van der Waals surface area contributed by atoms with Crippen LogP contribution < -0.4 is 5.32 Å². The monoisotopic (exact) mass is 307 g/mol. The number of carbonyl (C=O) groups is 1. The van der Waals surface area contributed by atoms with Crippen LogP contribution >= 0.6 is 0 Å². The topological polar surface area (TPSA) is 67.1 Å². The zero-order chi connectivity index (χ0) is 16.2. The molecule has 6 nitrogen and oxygen atoms in total. The van der Waals surface area contributed by atoms with Crippen LogP contribution in [-0.2, 0) is 16.1 Å². The first-order valence-electron chi connectivity index (χ1n) is 7.58. The van der Waals surface area contributed by atoms with Gasteiger partial charge in [-0.2, -0.15) is 0 Å². The molecule has 1 atom stereocenters. The number of nitrogens with one attached hydrogen (secondary N) is 1. The van der Waals surface area contributed by atoms with E-state index >= 15 is 0 Å². The summed E-state index contributed by atoms with van der Waals surface area (Å²) in [5.74, 6) is 0.583. The van der Waals surface area contributed by atoms with Crippen LogP contribution in [0.5, 0.6) is 0 Å². The molecular formula is C16H25N3O3. The lowest BCUT2D eigenvalue weighted by Crippen LogP contribution is -2.40. The number of rotatable bonds is 3. The van der Waals surface area contributed by atoms with E-state index in [0.717, 1.165) is 24.5 Å². The highest BCUT2D eigenvalue weighted by Crippen LogP contribution is 2.20. The Morgan fingerprint density at radius 2 is 2.32 bits per heavy atom. The molecule has 0 spiro atoms. The van der Waals surface area contributed by atoms with Gasteiger partial charge < -0.3 is 19.4 Å². The SMILES string of the molecule is CN=C(NCc1ccoc1)N1CCC(C(=O)OC(C)(C)C)C1. The Kier molecular flexibility index (Phi) is 5.11. The molecule has 1 unspecified atom stereocenters. The van der Waals surface area contributed by atoms with Crippen molar-refractivity contribution in [3.8, 4) is 0 Å². The third-order valence-electron chi connectivity index (χ3n) is 3.47. The lowest BCUT2D eigenvalue weighted by molar-refractivity contribution is -0.159. The fourth-order valence-corrected chi connectivity index (χ4v) is 2.44. The number of aliphatic imine (C=N–C) groups is 1. The molecule has 1 aliphatic rings. The van der Waals surface area contributed by atoms with E-state index in [1.807, 2.05) is 26.8 Å². The number of likely N-dealkylation sites (tertiary alicyclic amines) is 1. The molecule has 122 valence electrons. The lowest BCUT2D eigenvalue weighted by atomic mass is 10.1. The van der Waals surface area contributed by atoms with Crippen LogP contribution in [0.15, 0.2) is 28.0 Å². The maximum Gasteiger partial charge on any atom is 0.311 e. The van der Waals surface area contributed by atoms with E-state index in [1.54, 1.807) is 19.6 Å². The van der Waals surface area contributed by atoms with Crippen LogP contribution in [0.2, 0.25) is 0 Å². The minimum atomic E-state index is -0.439. The normalized spacial score (nSPS) is 19.4. The van der Waals surface area contributed by atoms with Crippen molar-refractivity contribution in [1.29, 1.82) is 0 Å². The molecule has 1 aromatic rings. The number of nitrogens with zero attached hydrogens (tertiary/aromatic N) is 2. The fourth-order valence-electron chi connectivity index (χ4n) is 2.44. The van der Waals surface area contributed by atoms with Crippen molar-refractivity contribution in [2.45, 2.75) is 39.3 Å². The van der Waals surface area contributed by atoms with Gasteiger partial charge in [-0.05, 0) is 33.3 Å². The van der Waals surface area contributed by atoms with Crippen molar-refractivity contribution in [3.05, 3.63) is 24.2 Å². The van der Waals surface area contributed by atoms with Crippen molar-refractivity contribution >= 4 is 11.9 Å². The average molecular weight is 307 g/mol. The van der Waals surface area contributed by atoms with Gasteiger partial charge in [0, 0.05) is 32.2 Å². The van der Waals surface area contributed by atoms with Gasteiger partial charge in [0.1, 0.15) is 5.60 Å². The molecule has 0 bridgehead atoms. The molecule has 6 heteroatoms. The number of hydrogen-bond donors (Lipinski definition) is 1. The van der Waals surface area contributed by atoms with Crippen molar-refractivity contribution in [2.75, 3.05) is 20.1 Å². The zero-order valence-electron chi connectivity index (χ0n) is 13.8. The molecule has 1 aromatic heterocycles. The van der Waals surface area contributed by atoms with Gasteiger partial charge in [-0.15, -0.1) is 0 Å². The first-order valence-corrected chi connectivity index (χ1v) is 7.58. The highest BCUT2D eigenvalue weighted by atomic mass is 16.6. The molecule has 0 amide bonds. The van der Waals surface area contributed by atoms with Crippen LogP contribution in [0.1, 0.15) is 32.8 Å². The van der Waals surface area contributed by atoms with Gasteiger partial charge in [0.15, 0.2) is 5.96 Å². The largest absolute Gasteiger partial charge is 0.472 e. The minimum Gasteiger partial charge on any atom is -0.472 e. The molecule has 2 rings (SSSR count). The van der Waals surface area contributed by atoms with Crippen LogP contribution in [0.3, 0.4) is 0 Å². The maximum atomic E-state index is 12.1. The van der Waals surface area contributed by atoms with Gasteiger partial charge >= 0.3 is 5.97 Å². The number of hydrogen-bond acceptors (Lipinski definition) is 4. The number of esters is 1. The summed E-state index contributed by atoms with van der Waals surface area (Å²) >= 11 is 0. The summed E-state index contributed by atoms with van der Waals surface area (Å²) in [6.45, 7) is 7.76. The highest BCUT2D eigenvalue weighted by molar-refractivity contribution is 5.82. The Balaban J connectivity index is 1.86. The molecule has 0 radical (unpaired) electrons. The van der Waals surface area contributed by atoms with Gasteiger partial charge in [0.2, 0.25) is 0 Å². The second kappa shape index (κ2) is 6.85. The molecule has 22 heavy (non-hydrogen) atoms. The first-order chi connectivity index (χ1) is 10.4. The fraction of sp³-hybridized carbons (Fsp3) is 0.625. The zero-order valence-corrected chi connectivity index (χ0v) is 13.8. The summed E-state index contributed by atoms with van der Waals surface area (Å²) in [6, 6.07) is 1.91. The number of ether oxygens (including phenoxy) is 1. The Labute approximate surface area is 131 Å². The number of guanidine groups is 1. The van der Waals surface area contributed by atoms with Crippen molar-refractivity contribution < 1.29 is 13.9 Å². The van der Waals surface area contributed by atoms with Crippen LogP contribution in [0.25, 0.3) is 0 Å². The Morgan fingerprint density at radius 3 is 2.91 bits per heavy atom. The van der Waals surface area contributed by atoms with E-state index in [1.165, 1.54) is 0 Å². The summed E-state index contributed by atoms with van der Waals surface area (Å²) in [4.78, 5) is 18.5. The van der Waals surface area contributed by atoms with E-state index in [0.29, 0.717) is 13.1 Å². The van der Waals surface area contributed by atoms with Crippen molar-refractivity contribution in [2.24, 2.45) is 10.9 Å². The Morgan fingerprint density at radius 1 is 1.55 bits per heavy atom. The van der Waals surface area contributed by atoms with E-state index in [2.05, 4.69) is 15.2 Å². The van der Waals surface area contributed by atoms with E-state index in [4.69, 9.17) is 9.15 Å². The predicted molar refractivity (Wildman–Crippen MR) is 84.4 cm³/mol. The standard InChI is InChI=1S/C16H25N3O3/c1-16(2,3)22-14(20)13-5-7-19(10-13)15(17-4)18-9-12-6-8-21-11-12/h6,8,11,13H,5,7,9-10H2,1-4H3,(H,17,18). The summed E-state index contributed by atoms with van der Waals surface area (Å²) in [6.07, 6.45) is 4.14. The summed E-state index contributed by atoms with van der Waals surface area (Å²) < 4.78 is 10.5. The summed E-state index contributed by atoms with van der Waals surface area (Å²) in [7, 11) is 1.75. The minimum absolute atomic E-state index is 0.0910. The first kappa shape index (κ1) is 16.4. The molecule has 1 N–H and O–H groups in total. The van der Waals surface area contributed by atoms with Gasteiger partial charge in [0.25, 0.3) is 0 Å². The van der Waals surface area contributed by atoms with Gasteiger partial charge in [0.05, 0.1) is 18.4 Å². The van der Waals surface area contributed by atoms with Gasteiger partial charge in [-0.25, -0.2) is 0 Å². The molecule has 0 aliphatic carbocycles. The average Bonchev–Trinajstić information content (AvgIpc) is 3.08. The number of carbonyl (C=O) groups excluding carboxylic acids is 1. The third kappa shape index (κ3) is 4.51. The Hall–Kier alpha value is -1.98. The number of furan rings is 1. The quantitative estimate of drug-likeness (QED) is 0.526. The van der Waals surface area contributed by atoms with Crippen molar-refractivity contribution in [3.63, 3.8) is 0 Å². The second-order valence-electron chi connectivity index (χ2n) is 6.50. The second-order valence-corrected chi connectivity index (χ2v) is 6.50. The highest BCUT2D eigenvalue weighted by Gasteiger charge is 2.33.